The number of nitrogens with one attached hydrogen (secondary N) is 1. The maximum Gasteiger partial charge on any atom is 0.231 e. The fourth-order valence-corrected chi connectivity index (χ4v) is 5.20. The first-order chi connectivity index (χ1) is 16.0. The van der Waals surface area contributed by atoms with Crippen molar-refractivity contribution in [3.63, 3.8) is 0 Å². The van der Waals surface area contributed by atoms with Crippen molar-refractivity contribution in [3.8, 4) is 6.07 Å². The van der Waals surface area contributed by atoms with Crippen molar-refractivity contribution in [2.24, 2.45) is 5.73 Å². The van der Waals surface area contributed by atoms with Gasteiger partial charge in [-0.3, -0.25) is 9.69 Å². The van der Waals surface area contributed by atoms with E-state index >= 15 is 0 Å². The topological polar surface area (TPSA) is 112 Å². The van der Waals surface area contributed by atoms with Gasteiger partial charge in [-0.25, -0.2) is 5.10 Å². The number of nitrogens with two attached hydrogens (primary N) is 1. The van der Waals surface area contributed by atoms with Crippen LogP contribution in [0.5, 0.6) is 0 Å². The van der Waals surface area contributed by atoms with E-state index < -0.39 is 5.92 Å². The fraction of sp³-hybridized carbons (Fsp3) is 0.167. The van der Waals surface area contributed by atoms with Gasteiger partial charge in [0.1, 0.15) is 12.1 Å². The Kier molecular flexibility index (Phi) is 5.41. The molecule has 3 N–H and O–H groups in total. The van der Waals surface area contributed by atoms with Crippen LogP contribution in [0.3, 0.4) is 0 Å². The monoisotopic (exact) mass is 476 g/mol. The highest BCUT2D eigenvalue weighted by Gasteiger charge is 2.44. The summed E-state index contributed by atoms with van der Waals surface area (Å²) in [7, 11) is 0. The Labute approximate surface area is 200 Å². The molecule has 1 aliphatic heterocycles. The molecule has 0 fully saturated rings. The average molecular weight is 477 g/mol. The summed E-state index contributed by atoms with van der Waals surface area (Å²) in [5.74, 6) is -0.273. The number of halogens is 2. The molecule has 9 heteroatoms. The van der Waals surface area contributed by atoms with Gasteiger partial charge in [-0.2, -0.15) is 15.3 Å². The molecule has 2 heterocycles. The second-order valence-electron chi connectivity index (χ2n) is 7.95. The molecule has 0 bridgehead atoms. The molecule has 2 atom stereocenters. The Bertz CT molecular complexity index is 1340. The lowest BCUT2D eigenvalue weighted by Gasteiger charge is -2.40. The largest absolute Gasteiger partial charge is 0.384 e. The lowest BCUT2D eigenvalue weighted by Crippen LogP contribution is -2.40. The predicted molar refractivity (Wildman–Crippen MR) is 125 cm³/mol. The van der Waals surface area contributed by atoms with Crippen molar-refractivity contribution < 1.29 is 4.79 Å². The number of rotatable bonds is 3. The molecule has 5 rings (SSSR count). The number of hydrogen-bond acceptors (Lipinski definition) is 6. The minimum absolute atomic E-state index is 0.0411. The van der Waals surface area contributed by atoms with Crippen molar-refractivity contribution in [3.05, 3.63) is 98.7 Å². The van der Waals surface area contributed by atoms with E-state index in [1.165, 1.54) is 6.33 Å². The maximum absolute atomic E-state index is 13.7. The standard InChI is InChI=1S/C24H18Cl2N6O/c25-15-6-7-16(18(26)10-15)21-17(11-27)23(28)32(24-29-12-30-31-24)19-8-14(9-20(33)22(19)21)13-4-2-1-3-5-13/h1-7,10,12,14,21H,8-9,28H2,(H,29,30,31)/t14-,21-/m0/s1. The van der Waals surface area contributed by atoms with Crippen LogP contribution in [0.2, 0.25) is 10.0 Å². The van der Waals surface area contributed by atoms with Crippen molar-refractivity contribution >= 4 is 34.9 Å². The van der Waals surface area contributed by atoms with Crippen molar-refractivity contribution in [2.45, 2.75) is 24.7 Å². The predicted octanol–water partition coefficient (Wildman–Crippen LogP) is 4.81. The van der Waals surface area contributed by atoms with Gasteiger partial charge in [-0.15, -0.1) is 0 Å². The molecular weight excluding hydrogens is 459 g/mol. The number of carbonyl (C=O) groups is 1. The molecule has 0 saturated heterocycles. The molecule has 0 amide bonds. The second kappa shape index (κ2) is 8.39. The summed E-state index contributed by atoms with van der Waals surface area (Å²) in [6.07, 6.45) is 2.21. The van der Waals surface area contributed by atoms with Crippen LogP contribution < -0.4 is 10.6 Å². The van der Waals surface area contributed by atoms with Crippen molar-refractivity contribution in [1.29, 1.82) is 5.26 Å². The van der Waals surface area contributed by atoms with Crippen LogP contribution in [0, 0.1) is 11.3 Å². The van der Waals surface area contributed by atoms with Gasteiger partial charge in [0.25, 0.3) is 0 Å². The lowest BCUT2D eigenvalue weighted by molar-refractivity contribution is -0.116. The highest BCUT2D eigenvalue weighted by atomic mass is 35.5. The van der Waals surface area contributed by atoms with Crippen LogP contribution >= 0.6 is 23.2 Å². The normalized spacial score (nSPS) is 20.6. The van der Waals surface area contributed by atoms with Gasteiger partial charge < -0.3 is 5.73 Å². The third-order valence-corrected chi connectivity index (χ3v) is 6.69. The first kappa shape index (κ1) is 21.3. The third-order valence-electron chi connectivity index (χ3n) is 6.13. The Morgan fingerprint density at radius 3 is 2.61 bits per heavy atom. The minimum Gasteiger partial charge on any atom is -0.384 e. The van der Waals surface area contributed by atoms with E-state index in [4.69, 9.17) is 28.9 Å². The van der Waals surface area contributed by atoms with Crippen molar-refractivity contribution in [2.75, 3.05) is 4.90 Å². The number of nitriles is 1. The molecular formula is C24H18Cl2N6O. The SMILES string of the molecule is N#CC1=C(N)N(c2ncn[nH]2)C2=C(C(=O)C[C@@H](c3ccccc3)C2)[C@H]1c1ccc(Cl)cc1Cl. The van der Waals surface area contributed by atoms with Crippen LogP contribution in [0.15, 0.2) is 77.5 Å². The smallest absolute Gasteiger partial charge is 0.231 e. The van der Waals surface area contributed by atoms with E-state index in [0.29, 0.717) is 45.7 Å². The number of hydrogen-bond donors (Lipinski definition) is 2. The first-order valence-corrected chi connectivity index (χ1v) is 11.1. The quantitative estimate of drug-likeness (QED) is 0.560. The summed E-state index contributed by atoms with van der Waals surface area (Å²) >= 11 is 12.6. The molecule has 33 heavy (non-hydrogen) atoms. The lowest BCUT2D eigenvalue weighted by atomic mass is 9.72. The van der Waals surface area contributed by atoms with Crippen molar-refractivity contribution in [1.82, 2.24) is 15.2 Å². The van der Waals surface area contributed by atoms with Crippen LogP contribution in [0.4, 0.5) is 5.95 Å². The number of anilines is 1. The number of nitrogens with zero attached hydrogens (tertiary/aromatic N) is 4. The molecule has 164 valence electrons. The number of benzene rings is 2. The Balaban J connectivity index is 1.73. The van der Waals surface area contributed by atoms with Gasteiger partial charge in [0, 0.05) is 27.7 Å². The molecule has 3 aromatic rings. The van der Waals surface area contributed by atoms with E-state index in [9.17, 15) is 10.1 Å². The highest BCUT2D eigenvalue weighted by molar-refractivity contribution is 6.35. The zero-order chi connectivity index (χ0) is 23.1. The Morgan fingerprint density at radius 1 is 1.15 bits per heavy atom. The molecule has 2 aromatic carbocycles. The summed E-state index contributed by atoms with van der Waals surface area (Å²) in [4.78, 5) is 19.6. The Hall–Kier alpha value is -3.60. The Morgan fingerprint density at radius 2 is 1.94 bits per heavy atom. The van der Waals surface area contributed by atoms with Crippen LogP contribution in [-0.2, 0) is 4.79 Å². The molecule has 1 aliphatic carbocycles. The molecule has 0 spiro atoms. The van der Waals surface area contributed by atoms with Gasteiger partial charge >= 0.3 is 0 Å². The summed E-state index contributed by atoms with van der Waals surface area (Å²) in [6, 6.07) is 17.1. The number of aromatic amines is 1. The van der Waals surface area contributed by atoms with E-state index in [1.807, 2.05) is 30.3 Å². The molecule has 0 unspecified atom stereocenters. The van der Waals surface area contributed by atoms with Gasteiger partial charge in [0.05, 0.1) is 17.6 Å². The van der Waals surface area contributed by atoms with Crippen LogP contribution in [-0.4, -0.2) is 21.0 Å². The van der Waals surface area contributed by atoms with Crippen LogP contribution in [0.1, 0.15) is 35.8 Å². The fourth-order valence-electron chi connectivity index (χ4n) is 4.69. The van der Waals surface area contributed by atoms with E-state index in [-0.39, 0.29) is 23.1 Å². The molecule has 0 saturated carbocycles. The summed E-state index contributed by atoms with van der Waals surface area (Å²) in [6.45, 7) is 0. The maximum atomic E-state index is 13.7. The number of carbonyl (C=O) groups excluding carboxylic acids is 1. The summed E-state index contributed by atoms with van der Waals surface area (Å²) < 4.78 is 0. The van der Waals surface area contributed by atoms with E-state index in [1.54, 1.807) is 23.1 Å². The zero-order valence-corrected chi connectivity index (χ0v) is 18.8. The van der Waals surface area contributed by atoms with Gasteiger partial charge in [0.2, 0.25) is 5.95 Å². The minimum atomic E-state index is -0.696. The number of ketones is 1. The second-order valence-corrected chi connectivity index (χ2v) is 8.80. The van der Waals surface area contributed by atoms with Gasteiger partial charge in [-0.1, -0.05) is 59.6 Å². The number of aromatic nitrogens is 3. The summed E-state index contributed by atoms with van der Waals surface area (Å²) in [5, 5.41) is 17.7. The highest BCUT2D eigenvalue weighted by Crippen LogP contribution is 2.49. The number of Topliss-reactive ketones (excluding diaryl/α,β-unsaturated/α-hetero) is 1. The molecule has 1 aromatic heterocycles. The van der Waals surface area contributed by atoms with E-state index in [0.717, 1.165) is 5.56 Å². The number of H-pyrrole nitrogens is 1. The summed E-state index contributed by atoms with van der Waals surface area (Å²) in [5.41, 5.74) is 9.62. The molecule has 0 radical (unpaired) electrons. The molecule has 7 nitrogen and oxygen atoms in total. The zero-order valence-electron chi connectivity index (χ0n) is 17.3. The van der Waals surface area contributed by atoms with Crippen LogP contribution in [0.25, 0.3) is 0 Å². The first-order valence-electron chi connectivity index (χ1n) is 10.3. The number of allylic oxidation sites excluding steroid dienone is 3. The van der Waals surface area contributed by atoms with Gasteiger partial charge in [-0.05, 0) is 35.6 Å². The molecule has 2 aliphatic rings. The average Bonchev–Trinajstić information content (AvgIpc) is 3.33. The van der Waals surface area contributed by atoms with E-state index in [2.05, 4.69) is 21.3 Å². The van der Waals surface area contributed by atoms with Gasteiger partial charge in [0.15, 0.2) is 5.78 Å². The third kappa shape index (κ3) is 3.58.